The van der Waals surface area contributed by atoms with Gasteiger partial charge in [0.2, 0.25) is 0 Å². The van der Waals surface area contributed by atoms with Crippen molar-refractivity contribution in [1.82, 2.24) is 4.98 Å². The van der Waals surface area contributed by atoms with Crippen molar-refractivity contribution in [3.05, 3.63) is 45.9 Å². The van der Waals surface area contributed by atoms with Gasteiger partial charge in [0.05, 0.1) is 24.3 Å². The molecular weight excluding hydrogens is 380 g/mol. The van der Waals surface area contributed by atoms with Crippen LogP contribution in [0.1, 0.15) is 29.9 Å². The van der Waals surface area contributed by atoms with Crippen LogP contribution in [0.3, 0.4) is 0 Å². The van der Waals surface area contributed by atoms with Gasteiger partial charge in [-0.25, -0.2) is 9.78 Å². The van der Waals surface area contributed by atoms with Gasteiger partial charge < -0.3 is 9.47 Å². The van der Waals surface area contributed by atoms with Crippen molar-refractivity contribution < 1.29 is 23.9 Å². The number of thiazole rings is 1. The number of ether oxygens (including phenoxy) is 2. The van der Waals surface area contributed by atoms with E-state index in [9.17, 15) is 14.4 Å². The van der Waals surface area contributed by atoms with Crippen molar-refractivity contribution in [2.45, 2.75) is 26.4 Å². The third kappa shape index (κ3) is 5.82. The van der Waals surface area contributed by atoms with E-state index >= 15 is 0 Å². The lowest BCUT2D eigenvalue weighted by atomic mass is 10.2. The minimum Gasteiger partial charge on any atom is -0.466 e. The van der Waals surface area contributed by atoms with E-state index in [0.717, 1.165) is 0 Å². The summed E-state index contributed by atoms with van der Waals surface area (Å²) >= 11 is 6.93. The third-order valence-corrected chi connectivity index (χ3v) is 4.20. The second-order valence-electron chi connectivity index (χ2n) is 5.17. The standard InChI is InChI=1S/C17H17ClN2O5S/c1-3-24-14(21)8-13-9-26-17(19-13)20-15(22)10(2)25-16(23)11-4-6-12(18)7-5-11/h4-7,9-10H,3,8H2,1-2H3,(H,19,20,22). The van der Waals surface area contributed by atoms with E-state index in [1.807, 2.05) is 0 Å². The Bertz CT molecular complexity index is 791. The fraction of sp³-hybridized carbons (Fsp3) is 0.294. The van der Waals surface area contributed by atoms with Crippen LogP contribution in [0.25, 0.3) is 0 Å². The number of halogens is 1. The number of rotatable bonds is 7. The number of nitrogens with one attached hydrogen (secondary N) is 1. The van der Waals surface area contributed by atoms with Gasteiger partial charge in [-0.3, -0.25) is 14.9 Å². The van der Waals surface area contributed by atoms with E-state index in [-0.39, 0.29) is 12.4 Å². The summed E-state index contributed by atoms with van der Waals surface area (Å²) in [6.45, 7) is 3.47. The maximum Gasteiger partial charge on any atom is 0.338 e. The van der Waals surface area contributed by atoms with Gasteiger partial charge >= 0.3 is 11.9 Å². The molecule has 26 heavy (non-hydrogen) atoms. The van der Waals surface area contributed by atoms with Gasteiger partial charge in [-0.15, -0.1) is 11.3 Å². The summed E-state index contributed by atoms with van der Waals surface area (Å²) in [6.07, 6.45) is -0.989. The van der Waals surface area contributed by atoms with Crippen molar-refractivity contribution in [3.8, 4) is 0 Å². The summed E-state index contributed by atoms with van der Waals surface area (Å²) < 4.78 is 9.96. The zero-order valence-electron chi connectivity index (χ0n) is 14.2. The smallest absolute Gasteiger partial charge is 0.338 e. The first-order valence-electron chi connectivity index (χ1n) is 7.76. The number of amides is 1. The van der Waals surface area contributed by atoms with Gasteiger partial charge in [-0.2, -0.15) is 0 Å². The first-order chi connectivity index (χ1) is 12.4. The molecule has 0 saturated heterocycles. The van der Waals surface area contributed by atoms with E-state index in [0.29, 0.717) is 28.0 Å². The number of carbonyl (C=O) groups is 3. The predicted octanol–water partition coefficient (Wildman–Crippen LogP) is 3.09. The highest BCUT2D eigenvalue weighted by atomic mass is 35.5. The minimum atomic E-state index is -1.02. The molecule has 0 aliphatic rings. The molecule has 1 amide bonds. The highest BCUT2D eigenvalue weighted by Crippen LogP contribution is 2.17. The SMILES string of the molecule is CCOC(=O)Cc1csc(NC(=O)C(C)OC(=O)c2ccc(Cl)cc2)n1. The summed E-state index contributed by atoms with van der Waals surface area (Å²) in [5.41, 5.74) is 0.787. The van der Waals surface area contributed by atoms with Crippen molar-refractivity contribution in [3.63, 3.8) is 0 Å². The summed E-state index contributed by atoms with van der Waals surface area (Å²) in [6, 6.07) is 6.14. The molecule has 1 N–H and O–H groups in total. The summed E-state index contributed by atoms with van der Waals surface area (Å²) in [5, 5.41) is 5.01. The van der Waals surface area contributed by atoms with Crippen molar-refractivity contribution in [2.75, 3.05) is 11.9 Å². The van der Waals surface area contributed by atoms with Crippen LogP contribution in [-0.4, -0.2) is 35.5 Å². The van der Waals surface area contributed by atoms with E-state index in [2.05, 4.69) is 10.3 Å². The lowest BCUT2D eigenvalue weighted by Gasteiger charge is -2.12. The topological polar surface area (TPSA) is 94.6 Å². The molecule has 2 rings (SSSR count). The molecule has 1 heterocycles. The molecule has 0 radical (unpaired) electrons. The molecule has 2 aromatic rings. The van der Waals surface area contributed by atoms with E-state index in [4.69, 9.17) is 21.1 Å². The fourth-order valence-electron chi connectivity index (χ4n) is 1.88. The van der Waals surface area contributed by atoms with Crippen LogP contribution in [0.2, 0.25) is 5.02 Å². The number of benzene rings is 1. The molecule has 1 atom stereocenters. The quantitative estimate of drug-likeness (QED) is 0.722. The molecule has 0 fully saturated rings. The monoisotopic (exact) mass is 396 g/mol. The van der Waals surface area contributed by atoms with Crippen LogP contribution >= 0.6 is 22.9 Å². The highest BCUT2D eigenvalue weighted by molar-refractivity contribution is 7.13. The zero-order valence-corrected chi connectivity index (χ0v) is 15.7. The maximum absolute atomic E-state index is 12.1. The van der Waals surface area contributed by atoms with E-state index < -0.39 is 18.0 Å². The molecule has 1 aromatic heterocycles. The number of hydrogen-bond donors (Lipinski definition) is 1. The maximum atomic E-state index is 12.1. The predicted molar refractivity (Wildman–Crippen MR) is 97.4 cm³/mol. The molecule has 138 valence electrons. The lowest BCUT2D eigenvalue weighted by Crippen LogP contribution is -2.30. The van der Waals surface area contributed by atoms with Crippen LogP contribution in [0.4, 0.5) is 5.13 Å². The normalized spacial score (nSPS) is 11.5. The van der Waals surface area contributed by atoms with Crippen LogP contribution in [-0.2, 0) is 25.5 Å². The Morgan fingerprint density at radius 2 is 1.96 bits per heavy atom. The molecule has 7 nitrogen and oxygen atoms in total. The molecule has 1 unspecified atom stereocenters. The molecule has 0 aliphatic heterocycles. The summed E-state index contributed by atoms with van der Waals surface area (Å²) in [5.74, 6) is -1.54. The highest BCUT2D eigenvalue weighted by Gasteiger charge is 2.20. The lowest BCUT2D eigenvalue weighted by molar-refractivity contribution is -0.142. The second-order valence-corrected chi connectivity index (χ2v) is 6.46. The molecule has 1 aromatic carbocycles. The third-order valence-electron chi connectivity index (χ3n) is 3.15. The van der Waals surface area contributed by atoms with E-state index in [1.165, 1.54) is 30.4 Å². The fourth-order valence-corrected chi connectivity index (χ4v) is 2.72. The van der Waals surface area contributed by atoms with Gasteiger partial charge in [-0.1, -0.05) is 11.6 Å². The number of esters is 2. The Morgan fingerprint density at radius 1 is 1.27 bits per heavy atom. The Hall–Kier alpha value is -2.45. The van der Waals surface area contributed by atoms with Crippen molar-refractivity contribution >= 4 is 45.9 Å². The number of aromatic nitrogens is 1. The molecule has 0 aliphatic carbocycles. The Balaban J connectivity index is 1.88. The number of hydrogen-bond acceptors (Lipinski definition) is 7. The largest absolute Gasteiger partial charge is 0.466 e. The zero-order chi connectivity index (χ0) is 19.1. The van der Waals surface area contributed by atoms with Gasteiger partial charge in [0.25, 0.3) is 5.91 Å². The van der Waals surface area contributed by atoms with E-state index in [1.54, 1.807) is 24.4 Å². The van der Waals surface area contributed by atoms with Crippen LogP contribution in [0, 0.1) is 0 Å². The Kier molecular flexibility index (Phi) is 7.11. The van der Waals surface area contributed by atoms with Gasteiger partial charge in [0, 0.05) is 10.4 Å². The molecular formula is C17H17ClN2O5S. The molecule has 0 bridgehead atoms. The Labute approximate surface area is 159 Å². The van der Waals surface area contributed by atoms with Gasteiger partial charge in [0.15, 0.2) is 11.2 Å². The second kappa shape index (κ2) is 9.30. The summed E-state index contributed by atoms with van der Waals surface area (Å²) in [7, 11) is 0. The molecule has 9 heteroatoms. The van der Waals surface area contributed by atoms with Gasteiger partial charge in [0.1, 0.15) is 0 Å². The average molecular weight is 397 g/mol. The van der Waals surface area contributed by atoms with Crippen molar-refractivity contribution in [2.24, 2.45) is 0 Å². The number of anilines is 1. The molecule has 0 spiro atoms. The first kappa shape index (κ1) is 19.9. The first-order valence-corrected chi connectivity index (χ1v) is 9.02. The average Bonchev–Trinajstić information content (AvgIpc) is 3.02. The number of carbonyl (C=O) groups excluding carboxylic acids is 3. The van der Waals surface area contributed by atoms with Crippen LogP contribution in [0.5, 0.6) is 0 Å². The van der Waals surface area contributed by atoms with Crippen LogP contribution < -0.4 is 5.32 Å². The van der Waals surface area contributed by atoms with Gasteiger partial charge in [-0.05, 0) is 38.1 Å². The minimum absolute atomic E-state index is 0.0291. The molecule has 0 saturated carbocycles. The Morgan fingerprint density at radius 3 is 2.62 bits per heavy atom. The van der Waals surface area contributed by atoms with Crippen molar-refractivity contribution in [1.29, 1.82) is 0 Å². The van der Waals surface area contributed by atoms with Crippen LogP contribution in [0.15, 0.2) is 29.6 Å². The summed E-state index contributed by atoms with van der Waals surface area (Å²) in [4.78, 5) is 39.7. The number of nitrogens with zero attached hydrogens (tertiary/aromatic N) is 1.